The molecule has 0 spiro atoms. The maximum Gasteiger partial charge on any atom is 0.276 e. The Morgan fingerprint density at radius 1 is 1.75 bits per heavy atom. The molecule has 1 N–H and O–H groups in total. The average Bonchev–Trinajstić information content (AvgIpc) is 1.98. The molecular formula is C5H5NO2. The Hall–Kier alpha value is -1.12. The van der Waals surface area contributed by atoms with Crippen molar-refractivity contribution >= 4 is 12.1 Å². The highest BCUT2D eigenvalue weighted by Crippen LogP contribution is 2.06. The molecule has 1 heterocycles. The number of rotatable bonds is 0. The van der Waals surface area contributed by atoms with Crippen LogP contribution in [0.25, 0.3) is 0 Å². The summed E-state index contributed by atoms with van der Waals surface area (Å²) < 4.78 is 0. The van der Waals surface area contributed by atoms with E-state index in [9.17, 15) is 4.79 Å². The van der Waals surface area contributed by atoms with Gasteiger partial charge in [-0.05, 0) is 6.92 Å². The number of hydrogen-bond acceptors (Lipinski definition) is 2. The zero-order valence-electron chi connectivity index (χ0n) is 4.38. The van der Waals surface area contributed by atoms with E-state index >= 15 is 0 Å². The number of hydrogen-bond donors (Lipinski definition) is 1. The van der Waals surface area contributed by atoms with Crippen LogP contribution in [0.15, 0.2) is 16.3 Å². The topological polar surface area (TPSA) is 49.7 Å². The van der Waals surface area contributed by atoms with Crippen molar-refractivity contribution < 1.29 is 9.90 Å². The van der Waals surface area contributed by atoms with Crippen molar-refractivity contribution in [1.29, 1.82) is 0 Å². The summed E-state index contributed by atoms with van der Waals surface area (Å²) in [5.74, 6) is -0.363. The summed E-state index contributed by atoms with van der Waals surface area (Å²) in [6.07, 6.45) is 1.15. The van der Waals surface area contributed by atoms with E-state index in [2.05, 4.69) is 4.99 Å². The Balaban J connectivity index is 3.02. The third kappa shape index (κ3) is 0.521. The van der Waals surface area contributed by atoms with E-state index in [1.807, 2.05) is 0 Å². The third-order valence-corrected chi connectivity index (χ3v) is 1.01. The van der Waals surface area contributed by atoms with Gasteiger partial charge in [-0.3, -0.25) is 4.79 Å². The summed E-state index contributed by atoms with van der Waals surface area (Å²) in [7, 11) is 0. The molecule has 0 saturated carbocycles. The van der Waals surface area contributed by atoms with Gasteiger partial charge in [0.2, 0.25) is 0 Å². The van der Waals surface area contributed by atoms with Gasteiger partial charge in [0.25, 0.3) is 5.91 Å². The van der Waals surface area contributed by atoms with Crippen molar-refractivity contribution in [2.75, 3.05) is 0 Å². The first kappa shape index (κ1) is 5.03. The van der Waals surface area contributed by atoms with Gasteiger partial charge in [0.05, 0.1) is 11.8 Å². The number of allylic oxidation sites excluding steroid dienone is 1. The Labute approximate surface area is 46.4 Å². The molecule has 0 aliphatic carbocycles. The summed E-state index contributed by atoms with van der Waals surface area (Å²) in [4.78, 5) is 13.7. The van der Waals surface area contributed by atoms with Crippen LogP contribution in [0.1, 0.15) is 6.92 Å². The van der Waals surface area contributed by atoms with Crippen LogP contribution in [0.3, 0.4) is 0 Å². The van der Waals surface area contributed by atoms with Crippen LogP contribution in [-0.2, 0) is 4.79 Å². The molecule has 1 rings (SSSR count). The van der Waals surface area contributed by atoms with E-state index in [-0.39, 0.29) is 11.7 Å². The van der Waals surface area contributed by atoms with Crippen molar-refractivity contribution in [3.8, 4) is 0 Å². The quantitative estimate of drug-likeness (QED) is 0.492. The second kappa shape index (κ2) is 1.43. The van der Waals surface area contributed by atoms with Crippen LogP contribution in [0, 0.1) is 0 Å². The normalized spacial score (nSPS) is 18.4. The molecule has 1 aliphatic heterocycles. The molecule has 0 fully saturated rings. The molecule has 3 nitrogen and oxygen atoms in total. The number of carbonyl (C=O) groups excluding carboxylic acids is 1. The van der Waals surface area contributed by atoms with Crippen molar-refractivity contribution in [3.63, 3.8) is 0 Å². The van der Waals surface area contributed by atoms with Gasteiger partial charge in [0, 0.05) is 0 Å². The van der Waals surface area contributed by atoms with Crippen LogP contribution in [0.2, 0.25) is 0 Å². The fourth-order valence-electron chi connectivity index (χ4n) is 0.423. The molecule has 8 heavy (non-hydrogen) atoms. The number of carbonyl (C=O) groups is 1. The lowest BCUT2D eigenvalue weighted by Gasteiger charge is -1.83. The van der Waals surface area contributed by atoms with Gasteiger partial charge in [-0.1, -0.05) is 0 Å². The Morgan fingerprint density at radius 2 is 2.38 bits per heavy atom. The first-order valence-corrected chi connectivity index (χ1v) is 2.20. The number of aliphatic hydroxyl groups is 1. The highest BCUT2D eigenvalue weighted by molar-refractivity contribution is 6.08. The summed E-state index contributed by atoms with van der Waals surface area (Å²) in [5.41, 5.74) is 0.324. The highest BCUT2D eigenvalue weighted by Gasteiger charge is 2.12. The monoisotopic (exact) mass is 111 g/mol. The van der Waals surface area contributed by atoms with Gasteiger partial charge in [0.15, 0.2) is 0 Å². The molecule has 3 heteroatoms. The van der Waals surface area contributed by atoms with Gasteiger partial charge < -0.3 is 5.11 Å². The summed E-state index contributed by atoms with van der Waals surface area (Å²) in [5, 5.41) is 8.68. The lowest BCUT2D eigenvalue weighted by atomic mass is 10.3. The van der Waals surface area contributed by atoms with E-state index < -0.39 is 0 Å². The maximum absolute atomic E-state index is 10.4. The molecule has 0 aromatic heterocycles. The Kier molecular flexibility index (Phi) is 0.901. The summed E-state index contributed by atoms with van der Waals surface area (Å²) >= 11 is 0. The summed E-state index contributed by atoms with van der Waals surface area (Å²) in [6.45, 7) is 1.53. The minimum Gasteiger partial charge on any atom is -0.506 e. The highest BCUT2D eigenvalue weighted by atomic mass is 16.3. The standard InChI is InChI=1S/C5H5NO2/c1-3-4(7)2-6-5(3)8/h2,7H,1H3. The average molecular weight is 111 g/mol. The van der Waals surface area contributed by atoms with Crippen LogP contribution in [-0.4, -0.2) is 17.2 Å². The molecule has 0 aromatic rings. The number of aliphatic imine (C=N–C) groups is 1. The second-order valence-corrected chi connectivity index (χ2v) is 1.57. The van der Waals surface area contributed by atoms with Gasteiger partial charge in [-0.2, -0.15) is 0 Å². The fraction of sp³-hybridized carbons (Fsp3) is 0.200. The first-order valence-electron chi connectivity index (χ1n) is 2.20. The van der Waals surface area contributed by atoms with Crippen molar-refractivity contribution in [1.82, 2.24) is 0 Å². The number of nitrogens with zero attached hydrogens (tertiary/aromatic N) is 1. The predicted octanol–water partition coefficient (Wildman–Crippen LogP) is 0.429. The van der Waals surface area contributed by atoms with Gasteiger partial charge >= 0.3 is 0 Å². The Bertz CT molecular complexity index is 187. The van der Waals surface area contributed by atoms with Gasteiger partial charge in [-0.25, -0.2) is 4.99 Å². The molecule has 0 radical (unpaired) electrons. The predicted molar refractivity (Wildman–Crippen MR) is 28.8 cm³/mol. The number of amides is 1. The SMILES string of the molecule is CC1=C(O)C=NC1=O. The second-order valence-electron chi connectivity index (χ2n) is 1.57. The lowest BCUT2D eigenvalue weighted by molar-refractivity contribution is -0.114. The van der Waals surface area contributed by atoms with Gasteiger partial charge in [-0.15, -0.1) is 0 Å². The molecule has 0 aromatic carbocycles. The molecule has 1 amide bonds. The fourth-order valence-corrected chi connectivity index (χ4v) is 0.423. The molecule has 0 saturated heterocycles. The van der Waals surface area contributed by atoms with E-state index in [0.717, 1.165) is 6.21 Å². The zero-order valence-corrected chi connectivity index (χ0v) is 4.38. The van der Waals surface area contributed by atoms with Crippen LogP contribution < -0.4 is 0 Å². The van der Waals surface area contributed by atoms with Crippen LogP contribution in [0.4, 0.5) is 0 Å². The molecule has 0 atom stereocenters. The number of aliphatic hydroxyl groups excluding tert-OH is 1. The van der Waals surface area contributed by atoms with Crippen molar-refractivity contribution in [2.45, 2.75) is 6.92 Å². The van der Waals surface area contributed by atoms with Crippen LogP contribution in [0.5, 0.6) is 0 Å². The van der Waals surface area contributed by atoms with Crippen molar-refractivity contribution in [3.05, 3.63) is 11.3 Å². The molecule has 0 unspecified atom stereocenters. The smallest absolute Gasteiger partial charge is 0.276 e. The maximum atomic E-state index is 10.4. The molecule has 1 aliphatic rings. The zero-order chi connectivity index (χ0) is 6.15. The van der Waals surface area contributed by atoms with E-state index in [4.69, 9.17) is 5.11 Å². The van der Waals surface area contributed by atoms with E-state index in [1.165, 1.54) is 6.92 Å². The first-order chi connectivity index (χ1) is 3.72. The molecule has 0 bridgehead atoms. The molecule has 42 valence electrons. The lowest BCUT2D eigenvalue weighted by Crippen LogP contribution is -1.89. The Morgan fingerprint density at radius 3 is 2.50 bits per heavy atom. The summed E-state index contributed by atoms with van der Waals surface area (Å²) in [6, 6.07) is 0. The van der Waals surface area contributed by atoms with Crippen LogP contribution >= 0.6 is 0 Å². The molecular weight excluding hydrogens is 106 g/mol. The van der Waals surface area contributed by atoms with E-state index in [0.29, 0.717) is 5.57 Å². The largest absolute Gasteiger partial charge is 0.506 e. The minimum absolute atomic E-state index is 0.0185. The third-order valence-electron chi connectivity index (χ3n) is 1.01. The van der Waals surface area contributed by atoms with Crippen molar-refractivity contribution in [2.24, 2.45) is 4.99 Å². The van der Waals surface area contributed by atoms with E-state index in [1.54, 1.807) is 0 Å². The minimum atomic E-state index is -0.345. The van der Waals surface area contributed by atoms with Gasteiger partial charge in [0.1, 0.15) is 5.76 Å².